The van der Waals surface area contributed by atoms with E-state index in [1.807, 2.05) is 73.6 Å². The number of nitrogens with zero attached hydrogens (tertiary/aromatic N) is 2. The van der Waals surface area contributed by atoms with Crippen LogP contribution in [-0.4, -0.2) is 32.0 Å². The lowest BCUT2D eigenvalue weighted by Gasteiger charge is -2.32. The third-order valence-electron chi connectivity index (χ3n) is 4.43. The molecule has 1 amide bonds. The molecule has 0 bridgehead atoms. The molecule has 0 aliphatic carbocycles. The number of benzene rings is 1. The lowest BCUT2D eigenvalue weighted by molar-refractivity contribution is -0.123. The van der Waals surface area contributed by atoms with E-state index in [9.17, 15) is 9.59 Å². The quantitative estimate of drug-likeness (QED) is 0.507. The Balaban J connectivity index is 0.00000106. The summed E-state index contributed by atoms with van der Waals surface area (Å²) in [4.78, 5) is 27.9. The van der Waals surface area contributed by atoms with Crippen molar-refractivity contribution in [2.24, 2.45) is 0 Å². The molecule has 0 fully saturated rings. The highest BCUT2D eigenvalue weighted by Crippen LogP contribution is 2.24. The molecule has 2 heterocycles. The van der Waals surface area contributed by atoms with Crippen LogP contribution in [0.2, 0.25) is 0 Å². The Bertz CT molecular complexity index is 999. The predicted molar refractivity (Wildman–Crippen MR) is 125 cm³/mol. The van der Waals surface area contributed by atoms with Gasteiger partial charge in [-0.15, -0.1) is 0 Å². The van der Waals surface area contributed by atoms with Crippen molar-refractivity contribution >= 4 is 28.8 Å². The minimum absolute atomic E-state index is 0.203. The normalized spacial score (nSPS) is 10.4. The van der Waals surface area contributed by atoms with Crippen LogP contribution in [-0.2, 0) is 11.3 Å². The van der Waals surface area contributed by atoms with Gasteiger partial charge in [-0.2, -0.15) is 5.10 Å². The second-order valence-corrected chi connectivity index (χ2v) is 7.34. The minimum Gasteiger partial charge on any atom is -0.338 e. The van der Waals surface area contributed by atoms with Crippen LogP contribution in [0.5, 0.6) is 0 Å². The molecule has 0 aliphatic heterocycles. The van der Waals surface area contributed by atoms with Gasteiger partial charge in [0.15, 0.2) is 5.82 Å². The number of amides is 1. The summed E-state index contributed by atoms with van der Waals surface area (Å²) in [5, 5.41) is 10.7. The number of anilines is 2. The lowest BCUT2D eigenvalue weighted by Crippen LogP contribution is -2.39. The van der Waals surface area contributed by atoms with Gasteiger partial charge in [0.25, 0.3) is 5.56 Å². The maximum Gasteiger partial charge on any atom is 0.261 e. The fourth-order valence-corrected chi connectivity index (χ4v) is 2.74. The molecule has 7 heteroatoms. The van der Waals surface area contributed by atoms with Crippen LogP contribution < -0.4 is 10.9 Å². The standard InChI is InChI=1S/C19H23N5O2.2C2H6/c1-12-5-6-14(9-13(12)10-24(11-25)19(2,3)4)21-17-16-15(22-23-17)7-8-20-18(16)26;2*1-2/h5-9,11H,10H2,1-4H3,(H,20,26)(H2,21,22,23);2*1-2H3. The van der Waals surface area contributed by atoms with E-state index in [-0.39, 0.29) is 11.1 Å². The van der Waals surface area contributed by atoms with Crippen LogP contribution in [0.3, 0.4) is 0 Å². The minimum atomic E-state index is -0.261. The molecule has 3 N–H and O–H groups in total. The fraction of sp³-hybridized carbons (Fsp3) is 0.435. The first-order chi connectivity index (χ1) is 14.3. The van der Waals surface area contributed by atoms with Crippen molar-refractivity contribution in [1.82, 2.24) is 20.1 Å². The van der Waals surface area contributed by atoms with E-state index in [1.54, 1.807) is 17.2 Å². The largest absolute Gasteiger partial charge is 0.338 e. The third kappa shape index (κ3) is 5.95. The predicted octanol–water partition coefficient (Wildman–Crippen LogP) is 5.11. The Hall–Kier alpha value is -3.09. The Labute approximate surface area is 178 Å². The summed E-state index contributed by atoms with van der Waals surface area (Å²) in [6.07, 6.45) is 2.46. The molecule has 3 aromatic rings. The number of hydrogen-bond acceptors (Lipinski definition) is 4. The molecular formula is C23H35N5O2. The Kier molecular flexibility index (Phi) is 9.30. The van der Waals surface area contributed by atoms with Gasteiger partial charge in [-0.05, 0) is 57.0 Å². The van der Waals surface area contributed by atoms with Crippen molar-refractivity contribution in [1.29, 1.82) is 0 Å². The van der Waals surface area contributed by atoms with Crippen molar-refractivity contribution in [2.75, 3.05) is 5.32 Å². The molecule has 3 rings (SSSR count). The number of pyridine rings is 1. The highest BCUT2D eigenvalue weighted by atomic mass is 16.1. The summed E-state index contributed by atoms with van der Waals surface area (Å²) >= 11 is 0. The molecular weight excluding hydrogens is 378 g/mol. The maximum atomic E-state index is 12.1. The van der Waals surface area contributed by atoms with Gasteiger partial charge >= 0.3 is 0 Å². The third-order valence-corrected chi connectivity index (χ3v) is 4.43. The molecule has 7 nitrogen and oxygen atoms in total. The molecule has 0 aliphatic rings. The topological polar surface area (TPSA) is 93.9 Å². The molecule has 2 aromatic heterocycles. The van der Waals surface area contributed by atoms with Crippen molar-refractivity contribution in [3.63, 3.8) is 0 Å². The number of aromatic amines is 2. The molecule has 164 valence electrons. The number of rotatable bonds is 5. The van der Waals surface area contributed by atoms with Crippen molar-refractivity contribution in [2.45, 2.75) is 67.5 Å². The van der Waals surface area contributed by atoms with E-state index in [1.165, 1.54) is 0 Å². The summed E-state index contributed by atoms with van der Waals surface area (Å²) in [5.74, 6) is 0.472. The average molecular weight is 414 g/mol. The molecule has 30 heavy (non-hydrogen) atoms. The highest BCUT2D eigenvalue weighted by molar-refractivity contribution is 5.90. The van der Waals surface area contributed by atoms with Crippen LogP contribution in [0.15, 0.2) is 35.3 Å². The van der Waals surface area contributed by atoms with Crippen molar-refractivity contribution in [3.05, 3.63) is 51.9 Å². The van der Waals surface area contributed by atoms with Gasteiger partial charge in [0.2, 0.25) is 6.41 Å². The van der Waals surface area contributed by atoms with E-state index in [4.69, 9.17) is 0 Å². The van der Waals surface area contributed by atoms with Gasteiger partial charge in [0, 0.05) is 24.0 Å². The average Bonchev–Trinajstić information content (AvgIpc) is 3.14. The summed E-state index contributed by atoms with van der Waals surface area (Å²) in [6, 6.07) is 7.66. The van der Waals surface area contributed by atoms with Gasteiger partial charge in [-0.25, -0.2) is 0 Å². The lowest BCUT2D eigenvalue weighted by atomic mass is 10.0. The van der Waals surface area contributed by atoms with Crippen LogP contribution in [0.25, 0.3) is 10.9 Å². The fourth-order valence-electron chi connectivity index (χ4n) is 2.74. The SMILES string of the molecule is CC.CC.Cc1ccc(Nc2n[nH]c3cc[nH]c(=O)c23)cc1CN(C=O)C(C)(C)C. The zero-order chi connectivity index (χ0) is 22.9. The van der Waals surface area contributed by atoms with E-state index in [0.29, 0.717) is 23.3 Å². The summed E-state index contributed by atoms with van der Waals surface area (Å²) in [7, 11) is 0. The van der Waals surface area contributed by atoms with Gasteiger partial charge in [-0.1, -0.05) is 33.8 Å². The number of aryl methyl sites for hydroxylation is 1. The molecule has 0 spiro atoms. The van der Waals surface area contributed by atoms with E-state index in [2.05, 4.69) is 20.5 Å². The van der Waals surface area contributed by atoms with Crippen LogP contribution in [0.1, 0.15) is 59.6 Å². The first-order valence-corrected chi connectivity index (χ1v) is 10.4. The molecule has 1 aromatic carbocycles. The second kappa shape index (κ2) is 11.2. The zero-order valence-electron chi connectivity index (χ0n) is 19.4. The molecule has 0 radical (unpaired) electrons. The highest BCUT2D eigenvalue weighted by Gasteiger charge is 2.20. The Morgan fingerprint density at radius 1 is 1.13 bits per heavy atom. The summed E-state index contributed by atoms with van der Waals surface area (Å²) in [6.45, 7) is 16.5. The number of carbonyl (C=O) groups is 1. The molecule has 0 saturated carbocycles. The van der Waals surface area contributed by atoms with Crippen LogP contribution >= 0.6 is 0 Å². The summed E-state index contributed by atoms with van der Waals surface area (Å²) in [5.41, 5.74) is 3.14. The Morgan fingerprint density at radius 3 is 2.40 bits per heavy atom. The number of hydrogen-bond donors (Lipinski definition) is 3. The van der Waals surface area contributed by atoms with E-state index < -0.39 is 0 Å². The van der Waals surface area contributed by atoms with Gasteiger partial charge in [-0.3, -0.25) is 14.7 Å². The number of carbonyl (C=O) groups excluding carboxylic acids is 1. The number of aromatic nitrogens is 3. The van der Waals surface area contributed by atoms with Crippen molar-refractivity contribution < 1.29 is 4.79 Å². The monoisotopic (exact) mass is 413 g/mol. The smallest absolute Gasteiger partial charge is 0.261 e. The van der Waals surface area contributed by atoms with Gasteiger partial charge in [0.1, 0.15) is 5.39 Å². The molecule has 0 atom stereocenters. The maximum absolute atomic E-state index is 12.1. The number of fused-ring (bicyclic) bond motifs is 1. The van der Waals surface area contributed by atoms with Crippen LogP contribution in [0, 0.1) is 6.92 Å². The zero-order valence-corrected chi connectivity index (χ0v) is 19.4. The van der Waals surface area contributed by atoms with Gasteiger partial charge < -0.3 is 15.2 Å². The number of H-pyrrole nitrogens is 2. The summed E-state index contributed by atoms with van der Waals surface area (Å²) < 4.78 is 0. The second-order valence-electron chi connectivity index (χ2n) is 7.34. The number of nitrogens with one attached hydrogen (secondary N) is 3. The van der Waals surface area contributed by atoms with E-state index in [0.717, 1.165) is 23.2 Å². The van der Waals surface area contributed by atoms with E-state index >= 15 is 0 Å². The van der Waals surface area contributed by atoms with Crippen molar-refractivity contribution in [3.8, 4) is 0 Å². The Morgan fingerprint density at radius 2 is 1.80 bits per heavy atom. The molecule has 0 unspecified atom stereocenters. The van der Waals surface area contributed by atoms with Crippen LogP contribution in [0.4, 0.5) is 11.5 Å². The van der Waals surface area contributed by atoms with Gasteiger partial charge in [0.05, 0.1) is 5.52 Å². The first-order valence-electron chi connectivity index (χ1n) is 10.4. The first kappa shape index (κ1) is 24.9. The molecule has 0 saturated heterocycles.